The third kappa shape index (κ3) is 38.7. The zero-order valence-electron chi connectivity index (χ0n) is 37.0. The van der Waals surface area contributed by atoms with Gasteiger partial charge in [0.2, 0.25) is 5.91 Å². The maximum atomic E-state index is 13.1. The van der Waals surface area contributed by atoms with Gasteiger partial charge in [0.15, 0.2) is 0 Å². The fourth-order valence-electron chi connectivity index (χ4n) is 7.00. The van der Waals surface area contributed by atoms with Crippen molar-refractivity contribution in [1.29, 1.82) is 0 Å². The maximum absolute atomic E-state index is 13.1. The molecule has 0 aromatic carbocycles. The molecule has 0 aliphatic rings. The first-order chi connectivity index (χ1) is 27.5. The van der Waals surface area contributed by atoms with Crippen molar-refractivity contribution in [3.63, 3.8) is 0 Å². The Hall–Kier alpha value is -2.18. The van der Waals surface area contributed by atoms with Crippen LogP contribution in [0.15, 0.2) is 48.6 Å². The van der Waals surface area contributed by atoms with Gasteiger partial charge in [-0.1, -0.05) is 198 Å². The van der Waals surface area contributed by atoms with Crippen molar-refractivity contribution in [2.45, 2.75) is 251 Å². The van der Waals surface area contributed by atoms with Gasteiger partial charge in [-0.2, -0.15) is 0 Å². The number of aliphatic hydroxyl groups excluding tert-OH is 2. The second-order valence-corrected chi connectivity index (χ2v) is 16.2. The summed E-state index contributed by atoms with van der Waals surface area (Å²) in [7, 11) is 0. The number of carbonyl (C=O) groups excluding carboxylic acids is 2. The third-order valence-electron chi connectivity index (χ3n) is 10.7. The summed E-state index contributed by atoms with van der Waals surface area (Å²) >= 11 is 0. The lowest BCUT2D eigenvalue weighted by Gasteiger charge is -2.24. The molecule has 0 saturated heterocycles. The quantitative estimate of drug-likeness (QED) is 0.0325. The van der Waals surface area contributed by atoms with E-state index in [0.29, 0.717) is 19.3 Å². The molecule has 0 aromatic rings. The molecule has 6 heteroatoms. The van der Waals surface area contributed by atoms with E-state index in [1.165, 1.54) is 103 Å². The van der Waals surface area contributed by atoms with Gasteiger partial charge in [0.1, 0.15) is 6.10 Å². The summed E-state index contributed by atoms with van der Waals surface area (Å²) < 4.78 is 5.88. The minimum Gasteiger partial charge on any atom is -0.462 e. The summed E-state index contributed by atoms with van der Waals surface area (Å²) in [4.78, 5) is 25.9. The molecule has 56 heavy (non-hydrogen) atoms. The minimum absolute atomic E-state index is 0.0653. The van der Waals surface area contributed by atoms with Crippen LogP contribution in [0.1, 0.15) is 233 Å². The van der Waals surface area contributed by atoms with Gasteiger partial charge in [0.25, 0.3) is 0 Å². The number of hydrogen-bond donors (Lipinski definition) is 3. The number of ether oxygens (including phenoxy) is 1. The Morgan fingerprint density at radius 3 is 1.39 bits per heavy atom. The molecular formula is C50H91NO5. The van der Waals surface area contributed by atoms with E-state index in [1.807, 2.05) is 0 Å². The number of nitrogens with one attached hydrogen (secondary N) is 1. The normalized spacial score (nSPS) is 13.7. The van der Waals surface area contributed by atoms with Crippen LogP contribution in [-0.4, -0.2) is 46.9 Å². The van der Waals surface area contributed by atoms with Gasteiger partial charge >= 0.3 is 5.97 Å². The van der Waals surface area contributed by atoms with Crippen molar-refractivity contribution in [3.05, 3.63) is 48.6 Å². The highest BCUT2D eigenvalue weighted by Gasteiger charge is 2.24. The van der Waals surface area contributed by atoms with Gasteiger partial charge in [0, 0.05) is 6.42 Å². The predicted octanol–water partition coefficient (Wildman–Crippen LogP) is 13.9. The lowest BCUT2D eigenvalue weighted by Crippen LogP contribution is -2.46. The number of carbonyl (C=O) groups is 2. The second kappa shape index (κ2) is 43.9. The molecule has 0 aromatic heterocycles. The Bertz CT molecular complexity index is 972. The smallest absolute Gasteiger partial charge is 0.306 e. The molecule has 1 amide bonds. The first-order valence-corrected chi connectivity index (χ1v) is 23.9. The highest BCUT2D eigenvalue weighted by molar-refractivity contribution is 5.77. The van der Waals surface area contributed by atoms with Crippen molar-refractivity contribution in [2.24, 2.45) is 0 Å². The Labute approximate surface area is 346 Å². The number of hydrogen-bond acceptors (Lipinski definition) is 5. The summed E-state index contributed by atoms with van der Waals surface area (Å²) in [5, 5.41) is 23.6. The van der Waals surface area contributed by atoms with Crippen LogP contribution in [0.5, 0.6) is 0 Å². The molecule has 0 saturated carbocycles. The van der Waals surface area contributed by atoms with Gasteiger partial charge in [-0.15, -0.1) is 0 Å². The van der Waals surface area contributed by atoms with Crippen LogP contribution in [0.2, 0.25) is 0 Å². The zero-order valence-corrected chi connectivity index (χ0v) is 37.0. The SMILES string of the molecule is CCCCC/C=C\C/C=C\C/C=C\C/C=C\CCCCCC(=O)OC(CCCCCCCCCC)CC(=O)NC(CO)C(O)CCCCCCCCCCCC. The van der Waals surface area contributed by atoms with E-state index in [9.17, 15) is 19.8 Å². The van der Waals surface area contributed by atoms with Gasteiger partial charge in [0.05, 0.1) is 25.2 Å². The van der Waals surface area contributed by atoms with Gasteiger partial charge in [-0.25, -0.2) is 0 Å². The summed E-state index contributed by atoms with van der Waals surface area (Å²) in [5.41, 5.74) is 0. The van der Waals surface area contributed by atoms with Crippen LogP contribution in [0.25, 0.3) is 0 Å². The molecular weight excluding hydrogens is 695 g/mol. The van der Waals surface area contributed by atoms with Crippen LogP contribution in [0.3, 0.4) is 0 Å². The molecule has 0 bridgehead atoms. The number of unbranched alkanes of at least 4 members (excludes halogenated alkanes) is 22. The monoisotopic (exact) mass is 786 g/mol. The molecule has 0 radical (unpaired) electrons. The van der Waals surface area contributed by atoms with Crippen LogP contribution < -0.4 is 5.32 Å². The van der Waals surface area contributed by atoms with E-state index in [-0.39, 0.29) is 24.9 Å². The summed E-state index contributed by atoms with van der Waals surface area (Å²) in [6, 6.07) is -0.704. The van der Waals surface area contributed by atoms with E-state index in [4.69, 9.17) is 4.74 Å². The van der Waals surface area contributed by atoms with Crippen molar-refractivity contribution in [2.75, 3.05) is 6.61 Å². The lowest BCUT2D eigenvalue weighted by atomic mass is 10.0. The molecule has 0 spiro atoms. The van der Waals surface area contributed by atoms with Crippen LogP contribution in [-0.2, 0) is 14.3 Å². The topological polar surface area (TPSA) is 95.9 Å². The lowest BCUT2D eigenvalue weighted by molar-refractivity contribution is -0.151. The molecule has 3 unspecified atom stereocenters. The Morgan fingerprint density at radius 2 is 0.911 bits per heavy atom. The molecule has 6 nitrogen and oxygen atoms in total. The highest BCUT2D eigenvalue weighted by Crippen LogP contribution is 2.17. The molecule has 0 rings (SSSR count). The van der Waals surface area contributed by atoms with E-state index in [2.05, 4.69) is 74.7 Å². The first kappa shape index (κ1) is 53.8. The third-order valence-corrected chi connectivity index (χ3v) is 10.7. The van der Waals surface area contributed by atoms with Crippen molar-refractivity contribution < 1.29 is 24.5 Å². The predicted molar refractivity (Wildman–Crippen MR) is 241 cm³/mol. The van der Waals surface area contributed by atoms with Gasteiger partial charge in [-0.3, -0.25) is 9.59 Å². The molecule has 3 atom stereocenters. The number of amides is 1. The largest absolute Gasteiger partial charge is 0.462 e. The van der Waals surface area contributed by atoms with Crippen molar-refractivity contribution in [3.8, 4) is 0 Å². The van der Waals surface area contributed by atoms with E-state index < -0.39 is 18.2 Å². The number of allylic oxidation sites excluding steroid dienone is 8. The average molecular weight is 786 g/mol. The highest BCUT2D eigenvalue weighted by atomic mass is 16.5. The molecule has 0 aliphatic carbocycles. The molecule has 0 heterocycles. The van der Waals surface area contributed by atoms with Crippen LogP contribution in [0.4, 0.5) is 0 Å². The fraction of sp³-hybridized carbons (Fsp3) is 0.800. The number of esters is 1. The first-order valence-electron chi connectivity index (χ1n) is 23.9. The Morgan fingerprint density at radius 1 is 0.518 bits per heavy atom. The van der Waals surface area contributed by atoms with Crippen LogP contribution >= 0.6 is 0 Å². The van der Waals surface area contributed by atoms with Crippen molar-refractivity contribution >= 4 is 11.9 Å². The Balaban J connectivity index is 4.50. The second-order valence-electron chi connectivity index (χ2n) is 16.2. The number of aliphatic hydroxyl groups is 2. The molecule has 326 valence electrons. The van der Waals surface area contributed by atoms with Gasteiger partial charge in [-0.05, 0) is 70.6 Å². The Kier molecular flexibility index (Phi) is 42.2. The van der Waals surface area contributed by atoms with Gasteiger partial charge < -0.3 is 20.3 Å². The summed E-state index contributed by atoms with van der Waals surface area (Å²) in [5.74, 6) is -0.512. The van der Waals surface area contributed by atoms with Crippen molar-refractivity contribution in [1.82, 2.24) is 5.32 Å². The fourth-order valence-corrected chi connectivity index (χ4v) is 7.00. The standard InChI is InChI=1S/C50H91NO5/c1-4-7-10-13-16-19-21-22-23-24-25-26-27-28-29-31-34-37-40-43-50(55)56-46(41-38-35-32-18-15-12-9-6-3)44-49(54)51-47(45-52)48(53)42-39-36-33-30-20-17-14-11-8-5-2/h16,19,22-23,25-26,28-29,46-48,52-53H,4-15,17-18,20-21,24,27,30-45H2,1-3H3,(H,51,54)/b19-16-,23-22-,26-25-,29-28-. The van der Waals surface area contributed by atoms with E-state index in [0.717, 1.165) is 83.5 Å². The number of rotatable bonds is 42. The summed E-state index contributed by atoms with van der Waals surface area (Å²) in [6.07, 6.45) is 51.8. The molecule has 3 N–H and O–H groups in total. The maximum Gasteiger partial charge on any atom is 0.306 e. The minimum atomic E-state index is -0.789. The molecule has 0 fully saturated rings. The summed E-state index contributed by atoms with van der Waals surface area (Å²) in [6.45, 7) is 6.40. The average Bonchev–Trinajstić information content (AvgIpc) is 3.19. The van der Waals surface area contributed by atoms with Crippen LogP contribution in [0, 0.1) is 0 Å². The van der Waals surface area contributed by atoms with E-state index >= 15 is 0 Å². The van der Waals surface area contributed by atoms with E-state index in [1.54, 1.807) is 0 Å². The molecule has 0 aliphatic heterocycles. The zero-order chi connectivity index (χ0) is 41.0.